The summed E-state index contributed by atoms with van der Waals surface area (Å²) in [6.07, 6.45) is 4.86. The van der Waals surface area contributed by atoms with Crippen molar-refractivity contribution in [3.8, 4) is 0 Å². The van der Waals surface area contributed by atoms with E-state index < -0.39 is 11.4 Å². The van der Waals surface area contributed by atoms with Crippen LogP contribution in [0.5, 0.6) is 0 Å². The molecule has 1 atom stereocenters. The van der Waals surface area contributed by atoms with Gasteiger partial charge in [0.25, 0.3) is 0 Å². The molecule has 1 unspecified atom stereocenters. The van der Waals surface area contributed by atoms with Gasteiger partial charge in [-0.25, -0.2) is 0 Å². The van der Waals surface area contributed by atoms with Gasteiger partial charge in [-0.3, -0.25) is 9.59 Å². The summed E-state index contributed by atoms with van der Waals surface area (Å²) >= 11 is 0. The Hall–Kier alpha value is -1.06. The Kier molecular flexibility index (Phi) is 5.17. The van der Waals surface area contributed by atoms with E-state index in [1.165, 1.54) is 12.8 Å². The first-order valence-electron chi connectivity index (χ1n) is 6.83. The van der Waals surface area contributed by atoms with Gasteiger partial charge in [0.1, 0.15) is 0 Å². The summed E-state index contributed by atoms with van der Waals surface area (Å²) in [7, 11) is 0. The second kappa shape index (κ2) is 6.21. The maximum absolute atomic E-state index is 12.3. The molecule has 0 radical (unpaired) electrons. The van der Waals surface area contributed by atoms with Crippen molar-refractivity contribution in [3.05, 3.63) is 0 Å². The highest BCUT2D eigenvalue weighted by Crippen LogP contribution is 2.27. The predicted octanol–water partition coefficient (Wildman–Crippen LogP) is 2.67. The summed E-state index contributed by atoms with van der Waals surface area (Å²) in [5.74, 6) is -0.729. The molecule has 0 aliphatic carbocycles. The van der Waals surface area contributed by atoms with Crippen molar-refractivity contribution in [2.75, 3.05) is 6.54 Å². The van der Waals surface area contributed by atoms with Crippen LogP contribution in [-0.4, -0.2) is 34.5 Å². The number of nitrogens with zero attached hydrogens (tertiary/aromatic N) is 1. The molecule has 0 aromatic heterocycles. The Bertz CT molecular complexity index is 312. The highest BCUT2D eigenvalue weighted by Gasteiger charge is 2.29. The Balaban J connectivity index is 2.60. The number of likely N-dealkylation sites (tertiary alicyclic amines) is 1. The van der Waals surface area contributed by atoms with Crippen LogP contribution >= 0.6 is 0 Å². The smallest absolute Gasteiger partial charge is 0.303 e. The first-order chi connectivity index (χ1) is 8.32. The lowest BCUT2D eigenvalue weighted by Gasteiger charge is -2.31. The standard InChI is InChI=1S/C14H25NO3/c1-11-7-5-4-6-8-15(11)12(16)9-14(2,3)10-13(17)18/h11H,4-10H2,1-3H3,(H,17,18). The molecule has 1 saturated heterocycles. The van der Waals surface area contributed by atoms with Crippen molar-refractivity contribution in [2.24, 2.45) is 5.41 Å². The van der Waals surface area contributed by atoms with Gasteiger partial charge < -0.3 is 10.0 Å². The summed E-state index contributed by atoms with van der Waals surface area (Å²) in [4.78, 5) is 25.0. The minimum Gasteiger partial charge on any atom is -0.481 e. The zero-order valence-corrected chi connectivity index (χ0v) is 11.7. The van der Waals surface area contributed by atoms with Gasteiger partial charge in [-0.1, -0.05) is 26.7 Å². The van der Waals surface area contributed by atoms with Crippen molar-refractivity contribution in [2.45, 2.75) is 65.3 Å². The van der Waals surface area contributed by atoms with E-state index in [-0.39, 0.29) is 12.3 Å². The summed E-state index contributed by atoms with van der Waals surface area (Å²) in [6, 6.07) is 0.292. The molecule has 0 aromatic rings. The highest BCUT2D eigenvalue weighted by atomic mass is 16.4. The summed E-state index contributed by atoms with van der Waals surface area (Å²) < 4.78 is 0. The molecule has 4 heteroatoms. The predicted molar refractivity (Wildman–Crippen MR) is 70.3 cm³/mol. The number of rotatable bonds is 4. The Morgan fingerprint density at radius 2 is 1.89 bits per heavy atom. The van der Waals surface area contributed by atoms with E-state index in [1.807, 2.05) is 18.7 Å². The van der Waals surface area contributed by atoms with Gasteiger partial charge in [-0.05, 0) is 25.2 Å². The third kappa shape index (κ3) is 4.67. The van der Waals surface area contributed by atoms with Crippen molar-refractivity contribution in [1.82, 2.24) is 4.90 Å². The monoisotopic (exact) mass is 255 g/mol. The fraction of sp³-hybridized carbons (Fsp3) is 0.857. The van der Waals surface area contributed by atoms with Gasteiger partial charge in [0, 0.05) is 19.0 Å². The molecule has 1 aliphatic rings. The molecule has 0 aromatic carbocycles. The van der Waals surface area contributed by atoms with Gasteiger partial charge in [-0.15, -0.1) is 0 Å². The van der Waals surface area contributed by atoms with Crippen LogP contribution in [0.2, 0.25) is 0 Å². The quantitative estimate of drug-likeness (QED) is 0.840. The highest BCUT2D eigenvalue weighted by molar-refractivity contribution is 5.78. The van der Waals surface area contributed by atoms with Crippen LogP contribution in [0, 0.1) is 5.41 Å². The van der Waals surface area contributed by atoms with E-state index in [9.17, 15) is 9.59 Å². The van der Waals surface area contributed by atoms with Gasteiger partial charge in [0.2, 0.25) is 5.91 Å². The molecule has 1 heterocycles. The van der Waals surface area contributed by atoms with Gasteiger partial charge in [0.05, 0.1) is 6.42 Å². The maximum Gasteiger partial charge on any atom is 0.303 e. The lowest BCUT2D eigenvalue weighted by molar-refractivity contribution is -0.141. The molecule has 18 heavy (non-hydrogen) atoms. The van der Waals surface area contributed by atoms with Gasteiger partial charge in [-0.2, -0.15) is 0 Å². The fourth-order valence-corrected chi connectivity index (χ4v) is 2.63. The molecule has 1 fully saturated rings. The van der Waals surface area contributed by atoms with Crippen molar-refractivity contribution in [1.29, 1.82) is 0 Å². The molecular formula is C14H25NO3. The van der Waals surface area contributed by atoms with Crippen LogP contribution in [0.1, 0.15) is 59.3 Å². The minimum atomic E-state index is -0.836. The second-order valence-electron chi connectivity index (χ2n) is 6.20. The molecule has 1 N–H and O–H groups in total. The third-order valence-electron chi connectivity index (χ3n) is 3.63. The van der Waals surface area contributed by atoms with Crippen molar-refractivity contribution in [3.63, 3.8) is 0 Å². The Morgan fingerprint density at radius 1 is 1.22 bits per heavy atom. The second-order valence-corrected chi connectivity index (χ2v) is 6.20. The van der Waals surface area contributed by atoms with E-state index in [0.717, 1.165) is 19.4 Å². The number of aliphatic carboxylic acids is 1. The van der Waals surface area contributed by atoms with E-state index >= 15 is 0 Å². The Morgan fingerprint density at radius 3 is 2.50 bits per heavy atom. The number of carboxylic acid groups (broad SMARTS) is 1. The van der Waals surface area contributed by atoms with E-state index in [4.69, 9.17) is 5.11 Å². The largest absolute Gasteiger partial charge is 0.481 e. The Labute approximate surface area is 109 Å². The zero-order valence-electron chi connectivity index (χ0n) is 11.7. The summed E-state index contributed by atoms with van der Waals surface area (Å²) in [6.45, 7) is 6.61. The van der Waals surface area contributed by atoms with Crippen molar-refractivity contribution < 1.29 is 14.7 Å². The van der Waals surface area contributed by atoms with Crippen LogP contribution in [0.15, 0.2) is 0 Å². The number of carbonyl (C=O) groups excluding carboxylic acids is 1. The SMILES string of the molecule is CC1CCCCCN1C(=O)CC(C)(C)CC(=O)O. The zero-order chi connectivity index (χ0) is 13.8. The first kappa shape index (κ1) is 15.0. The fourth-order valence-electron chi connectivity index (χ4n) is 2.63. The first-order valence-corrected chi connectivity index (χ1v) is 6.83. The third-order valence-corrected chi connectivity index (χ3v) is 3.63. The maximum atomic E-state index is 12.3. The average Bonchev–Trinajstić information content (AvgIpc) is 2.39. The molecule has 0 bridgehead atoms. The average molecular weight is 255 g/mol. The van der Waals surface area contributed by atoms with Crippen LogP contribution in [0.3, 0.4) is 0 Å². The molecule has 104 valence electrons. The molecule has 1 amide bonds. The molecule has 4 nitrogen and oxygen atoms in total. The molecular weight excluding hydrogens is 230 g/mol. The molecule has 0 saturated carbocycles. The number of amides is 1. The van der Waals surface area contributed by atoms with E-state index in [2.05, 4.69) is 6.92 Å². The number of hydrogen-bond acceptors (Lipinski definition) is 2. The number of carboxylic acids is 1. The van der Waals surface area contributed by atoms with E-state index in [1.54, 1.807) is 0 Å². The number of hydrogen-bond donors (Lipinski definition) is 1. The lowest BCUT2D eigenvalue weighted by atomic mass is 9.85. The van der Waals surface area contributed by atoms with Crippen LogP contribution in [0.4, 0.5) is 0 Å². The van der Waals surface area contributed by atoms with Crippen LogP contribution in [0.25, 0.3) is 0 Å². The van der Waals surface area contributed by atoms with Crippen LogP contribution in [-0.2, 0) is 9.59 Å². The number of carbonyl (C=O) groups is 2. The lowest BCUT2D eigenvalue weighted by Crippen LogP contribution is -2.40. The summed E-state index contributed by atoms with van der Waals surface area (Å²) in [5, 5.41) is 8.84. The minimum absolute atomic E-state index is 0.0426. The van der Waals surface area contributed by atoms with E-state index in [0.29, 0.717) is 12.5 Å². The van der Waals surface area contributed by atoms with Gasteiger partial charge >= 0.3 is 5.97 Å². The molecule has 1 rings (SSSR count). The molecule has 0 spiro atoms. The molecule has 1 aliphatic heterocycles. The van der Waals surface area contributed by atoms with Crippen LogP contribution < -0.4 is 0 Å². The van der Waals surface area contributed by atoms with Gasteiger partial charge in [0.15, 0.2) is 0 Å². The summed E-state index contributed by atoms with van der Waals surface area (Å²) in [5.41, 5.74) is -0.463. The topological polar surface area (TPSA) is 57.6 Å². The van der Waals surface area contributed by atoms with Crippen molar-refractivity contribution >= 4 is 11.9 Å². The normalized spacial score (nSPS) is 21.5.